The Labute approximate surface area is 120 Å². The Bertz CT molecular complexity index is 445. The van der Waals surface area contributed by atoms with E-state index >= 15 is 0 Å². The molecule has 1 unspecified atom stereocenters. The van der Waals surface area contributed by atoms with Crippen molar-refractivity contribution >= 4 is 5.97 Å². The molecular formula is C16H24N2O2. The fourth-order valence-electron chi connectivity index (χ4n) is 2.80. The van der Waals surface area contributed by atoms with Crippen molar-refractivity contribution < 1.29 is 9.53 Å². The van der Waals surface area contributed by atoms with Gasteiger partial charge in [0.25, 0.3) is 0 Å². The predicted octanol–water partition coefficient (Wildman–Crippen LogP) is 1.75. The molecule has 1 aliphatic rings. The lowest BCUT2D eigenvalue weighted by atomic mass is 9.84. The number of hydrogen-bond donors (Lipinski definition) is 1. The molecule has 0 saturated heterocycles. The maximum Gasteiger partial charge on any atom is 0.331 e. The Balaban J connectivity index is 2.12. The molecule has 0 aromatic heterocycles. The molecule has 0 radical (unpaired) electrons. The number of nitrogens with two attached hydrogens (primary N) is 1. The molecule has 0 amide bonds. The van der Waals surface area contributed by atoms with Crippen LogP contribution in [-0.4, -0.2) is 38.1 Å². The van der Waals surface area contributed by atoms with Crippen LogP contribution in [0.3, 0.4) is 0 Å². The minimum absolute atomic E-state index is 0.385. The van der Waals surface area contributed by atoms with Gasteiger partial charge in [0.2, 0.25) is 0 Å². The van der Waals surface area contributed by atoms with Crippen LogP contribution in [0.2, 0.25) is 0 Å². The second-order valence-electron chi connectivity index (χ2n) is 5.82. The van der Waals surface area contributed by atoms with E-state index in [2.05, 4.69) is 4.90 Å². The molecule has 0 spiro atoms. The first kappa shape index (κ1) is 15.0. The first-order valence-electron chi connectivity index (χ1n) is 7.17. The van der Waals surface area contributed by atoms with E-state index in [0.29, 0.717) is 6.54 Å². The van der Waals surface area contributed by atoms with Gasteiger partial charge in [0.1, 0.15) is 0 Å². The Morgan fingerprint density at radius 2 is 2.05 bits per heavy atom. The van der Waals surface area contributed by atoms with Crippen molar-refractivity contribution in [3.05, 3.63) is 35.9 Å². The lowest BCUT2D eigenvalue weighted by molar-refractivity contribution is -0.148. The van der Waals surface area contributed by atoms with Crippen LogP contribution in [0.25, 0.3) is 0 Å². The summed E-state index contributed by atoms with van der Waals surface area (Å²) in [6.07, 6.45) is 3.89. The number of hydrogen-bond acceptors (Lipinski definition) is 4. The summed E-state index contributed by atoms with van der Waals surface area (Å²) in [5, 5.41) is 0. The number of carbonyl (C=O) groups is 1. The molecule has 4 nitrogen and oxygen atoms in total. The van der Waals surface area contributed by atoms with Crippen molar-refractivity contribution in [2.75, 3.05) is 27.2 Å². The second-order valence-corrected chi connectivity index (χ2v) is 5.82. The SMILES string of the molecule is COC(=O)C(N)(CN(C)CC1CCC1)c1ccccc1. The van der Waals surface area contributed by atoms with Crippen LogP contribution < -0.4 is 5.73 Å². The number of rotatable bonds is 6. The first-order valence-corrected chi connectivity index (χ1v) is 7.17. The highest BCUT2D eigenvalue weighted by atomic mass is 16.5. The van der Waals surface area contributed by atoms with Crippen molar-refractivity contribution in [3.63, 3.8) is 0 Å². The van der Waals surface area contributed by atoms with Gasteiger partial charge < -0.3 is 15.4 Å². The Kier molecular flexibility index (Phi) is 4.78. The van der Waals surface area contributed by atoms with Gasteiger partial charge in [-0.2, -0.15) is 0 Å². The quantitative estimate of drug-likeness (QED) is 0.804. The molecule has 1 aliphatic carbocycles. The van der Waals surface area contributed by atoms with Crippen LogP contribution in [0.1, 0.15) is 24.8 Å². The van der Waals surface area contributed by atoms with E-state index in [4.69, 9.17) is 10.5 Å². The molecule has 2 N–H and O–H groups in total. The van der Waals surface area contributed by atoms with Gasteiger partial charge in [-0.3, -0.25) is 0 Å². The maximum atomic E-state index is 12.2. The van der Waals surface area contributed by atoms with Crippen molar-refractivity contribution in [2.45, 2.75) is 24.8 Å². The van der Waals surface area contributed by atoms with E-state index in [9.17, 15) is 4.79 Å². The van der Waals surface area contributed by atoms with Gasteiger partial charge in [0.05, 0.1) is 7.11 Å². The Morgan fingerprint density at radius 1 is 1.40 bits per heavy atom. The summed E-state index contributed by atoms with van der Waals surface area (Å²) in [5.74, 6) is 0.363. The smallest absolute Gasteiger partial charge is 0.331 e. The molecule has 2 rings (SSSR count). The van der Waals surface area contributed by atoms with E-state index < -0.39 is 5.54 Å². The third kappa shape index (κ3) is 3.19. The van der Waals surface area contributed by atoms with Crippen LogP contribution >= 0.6 is 0 Å². The molecule has 1 atom stereocenters. The molecule has 110 valence electrons. The minimum Gasteiger partial charge on any atom is -0.467 e. The van der Waals surface area contributed by atoms with Crippen LogP contribution in [0.4, 0.5) is 0 Å². The van der Waals surface area contributed by atoms with E-state index in [1.165, 1.54) is 26.4 Å². The molecule has 4 heteroatoms. The number of ether oxygens (including phenoxy) is 1. The van der Waals surface area contributed by atoms with Gasteiger partial charge >= 0.3 is 5.97 Å². The standard InChI is InChI=1S/C16H24N2O2/c1-18(11-13-7-6-8-13)12-16(17,15(19)20-2)14-9-4-3-5-10-14/h3-5,9-10,13H,6-8,11-12,17H2,1-2H3. The van der Waals surface area contributed by atoms with Crippen molar-refractivity contribution in [3.8, 4) is 0 Å². The number of carbonyl (C=O) groups excluding carboxylic acids is 1. The fourth-order valence-corrected chi connectivity index (χ4v) is 2.80. The minimum atomic E-state index is -1.10. The van der Waals surface area contributed by atoms with E-state index in [1.54, 1.807) is 0 Å². The molecule has 1 aromatic carbocycles. The second kappa shape index (κ2) is 6.37. The van der Waals surface area contributed by atoms with Crippen molar-refractivity contribution in [1.82, 2.24) is 4.90 Å². The normalized spacial score (nSPS) is 18.4. The Morgan fingerprint density at radius 3 is 2.55 bits per heavy atom. The highest BCUT2D eigenvalue weighted by Crippen LogP contribution is 2.28. The summed E-state index contributed by atoms with van der Waals surface area (Å²) in [6, 6.07) is 9.47. The summed E-state index contributed by atoms with van der Waals surface area (Å²) in [6.45, 7) is 1.46. The zero-order chi connectivity index (χ0) is 14.6. The Hall–Kier alpha value is -1.39. The highest BCUT2D eigenvalue weighted by Gasteiger charge is 2.38. The summed E-state index contributed by atoms with van der Waals surface area (Å²) in [7, 11) is 3.41. The van der Waals surface area contributed by atoms with Crippen molar-refractivity contribution in [2.24, 2.45) is 11.7 Å². The summed E-state index contributed by atoms with van der Waals surface area (Å²) >= 11 is 0. The van der Waals surface area contributed by atoms with Crippen molar-refractivity contribution in [1.29, 1.82) is 0 Å². The van der Waals surface area contributed by atoms with E-state index in [0.717, 1.165) is 18.0 Å². The molecule has 1 fully saturated rings. The fraction of sp³-hybridized carbons (Fsp3) is 0.562. The zero-order valence-corrected chi connectivity index (χ0v) is 12.3. The summed E-state index contributed by atoms with van der Waals surface area (Å²) in [4.78, 5) is 14.3. The van der Waals surface area contributed by atoms with Gasteiger partial charge in [0.15, 0.2) is 5.54 Å². The number of methoxy groups -OCH3 is 1. The van der Waals surface area contributed by atoms with Gasteiger partial charge in [-0.15, -0.1) is 0 Å². The average molecular weight is 276 g/mol. The zero-order valence-electron chi connectivity index (χ0n) is 12.3. The summed E-state index contributed by atoms with van der Waals surface area (Å²) < 4.78 is 4.93. The molecular weight excluding hydrogens is 252 g/mol. The van der Waals surface area contributed by atoms with Crippen LogP contribution in [0.15, 0.2) is 30.3 Å². The first-order chi connectivity index (χ1) is 9.56. The number of nitrogens with zero attached hydrogens (tertiary/aromatic N) is 1. The number of likely N-dealkylation sites (N-methyl/N-ethyl adjacent to an activating group) is 1. The molecule has 20 heavy (non-hydrogen) atoms. The number of esters is 1. The van der Waals surface area contributed by atoms with Gasteiger partial charge in [-0.05, 0) is 31.4 Å². The van der Waals surface area contributed by atoms with E-state index in [1.807, 2.05) is 37.4 Å². The molecule has 0 heterocycles. The molecule has 1 saturated carbocycles. The molecule has 0 bridgehead atoms. The lowest BCUT2D eigenvalue weighted by Gasteiger charge is -2.35. The third-order valence-electron chi connectivity index (χ3n) is 4.15. The van der Waals surface area contributed by atoms with E-state index in [-0.39, 0.29) is 5.97 Å². The van der Waals surface area contributed by atoms with Gasteiger partial charge in [0, 0.05) is 13.1 Å². The predicted molar refractivity (Wildman–Crippen MR) is 79.2 cm³/mol. The third-order valence-corrected chi connectivity index (χ3v) is 4.15. The van der Waals surface area contributed by atoms with Crippen LogP contribution in [-0.2, 0) is 15.1 Å². The molecule has 1 aromatic rings. The summed E-state index contributed by atoms with van der Waals surface area (Å²) in [5.41, 5.74) is 6.09. The molecule has 0 aliphatic heterocycles. The largest absolute Gasteiger partial charge is 0.467 e. The lowest BCUT2D eigenvalue weighted by Crippen LogP contribution is -2.54. The highest BCUT2D eigenvalue weighted by molar-refractivity contribution is 5.82. The average Bonchev–Trinajstić information content (AvgIpc) is 2.42. The maximum absolute atomic E-state index is 12.2. The van der Waals surface area contributed by atoms with Gasteiger partial charge in [-0.25, -0.2) is 4.79 Å². The topological polar surface area (TPSA) is 55.6 Å². The van der Waals surface area contributed by atoms with Crippen LogP contribution in [0, 0.1) is 5.92 Å². The van der Waals surface area contributed by atoms with Crippen LogP contribution in [0.5, 0.6) is 0 Å². The van der Waals surface area contributed by atoms with Gasteiger partial charge in [-0.1, -0.05) is 36.8 Å². The monoisotopic (exact) mass is 276 g/mol. The number of benzene rings is 1.